The number of nitrogens with one attached hydrogen (secondary N) is 1. The van der Waals surface area contributed by atoms with Gasteiger partial charge in [0.1, 0.15) is 0 Å². The minimum absolute atomic E-state index is 0.148. The Kier molecular flexibility index (Phi) is 6.54. The molecule has 0 radical (unpaired) electrons. The van der Waals surface area contributed by atoms with Crippen LogP contribution in [0.4, 0.5) is 0 Å². The van der Waals surface area contributed by atoms with E-state index in [9.17, 15) is 4.79 Å². The van der Waals surface area contributed by atoms with Crippen molar-refractivity contribution in [2.75, 3.05) is 14.1 Å². The van der Waals surface area contributed by atoms with Crippen LogP contribution in [0.15, 0.2) is 0 Å². The summed E-state index contributed by atoms with van der Waals surface area (Å²) in [5.74, 6) is 0.148. The van der Waals surface area contributed by atoms with Gasteiger partial charge in [-0.3, -0.25) is 4.79 Å². The Morgan fingerprint density at radius 2 is 1.86 bits per heavy atom. The van der Waals surface area contributed by atoms with Crippen LogP contribution in [0, 0.1) is 0 Å². The number of hydrogen-bond acceptors (Lipinski definition) is 2. The second-order valence-electron chi connectivity index (χ2n) is 4.21. The molecule has 0 bridgehead atoms. The van der Waals surface area contributed by atoms with Crippen LogP contribution in [-0.4, -0.2) is 37.0 Å². The predicted octanol–water partition coefficient (Wildman–Crippen LogP) is 1.63. The van der Waals surface area contributed by atoms with Crippen LogP contribution in [0.25, 0.3) is 0 Å². The quantitative estimate of drug-likeness (QED) is 0.707. The molecule has 0 aromatic heterocycles. The number of amides is 1. The molecule has 3 nitrogen and oxygen atoms in total. The minimum atomic E-state index is 0.148. The second kappa shape index (κ2) is 6.82. The largest absolute Gasteiger partial charge is 0.354 e. The highest BCUT2D eigenvalue weighted by atomic mass is 16.1. The second-order valence-corrected chi connectivity index (χ2v) is 4.21. The molecule has 3 heteroatoms. The average Bonchev–Trinajstić information content (AvgIpc) is 2.13. The van der Waals surface area contributed by atoms with Gasteiger partial charge in [-0.15, -0.1) is 0 Å². The summed E-state index contributed by atoms with van der Waals surface area (Å²) in [5, 5.41) is 2.97. The first kappa shape index (κ1) is 13.4. The smallest absolute Gasteiger partial charge is 0.219 e. The fraction of sp³-hybridized carbons (Fsp3) is 0.909. The first-order valence-corrected chi connectivity index (χ1v) is 5.43. The van der Waals surface area contributed by atoms with Crippen molar-refractivity contribution >= 4 is 5.91 Å². The summed E-state index contributed by atoms with van der Waals surface area (Å²) in [7, 11) is 4.17. The number of rotatable bonds is 6. The molecule has 2 atom stereocenters. The molecule has 0 spiro atoms. The molecule has 0 aromatic carbocycles. The lowest BCUT2D eigenvalue weighted by molar-refractivity contribution is -0.121. The Hall–Kier alpha value is -0.570. The standard InChI is InChI=1S/C11H24N2O/c1-6-11(14)12-9(2)7-8-10(3)13(4)5/h9-10H,6-8H2,1-5H3,(H,12,14)/t9-,10-/m0/s1. The molecule has 0 aromatic rings. The van der Waals surface area contributed by atoms with E-state index in [1.165, 1.54) is 0 Å². The fourth-order valence-corrected chi connectivity index (χ4v) is 1.20. The van der Waals surface area contributed by atoms with Crippen LogP contribution >= 0.6 is 0 Å². The monoisotopic (exact) mass is 200 g/mol. The van der Waals surface area contributed by atoms with Gasteiger partial charge in [0, 0.05) is 18.5 Å². The van der Waals surface area contributed by atoms with Gasteiger partial charge in [0.2, 0.25) is 5.91 Å². The molecular weight excluding hydrogens is 176 g/mol. The molecule has 0 heterocycles. The Morgan fingerprint density at radius 3 is 2.29 bits per heavy atom. The molecular formula is C11H24N2O. The first-order chi connectivity index (χ1) is 6.47. The van der Waals surface area contributed by atoms with Crippen LogP contribution < -0.4 is 5.32 Å². The molecule has 14 heavy (non-hydrogen) atoms. The number of nitrogens with zero attached hydrogens (tertiary/aromatic N) is 1. The van der Waals surface area contributed by atoms with Crippen LogP contribution in [0.1, 0.15) is 40.0 Å². The molecule has 1 N–H and O–H groups in total. The highest BCUT2D eigenvalue weighted by molar-refractivity contribution is 5.75. The third-order valence-corrected chi connectivity index (χ3v) is 2.63. The Morgan fingerprint density at radius 1 is 1.29 bits per heavy atom. The fourth-order valence-electron chi connectivity index (χ4n) is 1.20. The summed E-state index contributed by atoms with van der Waals surface area (Å²) < 4.78 is 0. The number of hydrogen-bond donors (Lipinski definition) is 1. The van der Waals surface area contributed by atoms with Crippen LogP contribution in [0.2, 0.25) is 0 Å². The van der Waals surface area contributed by atoms with E-state index in [4.69, 9.17) is 0 Å². The summed E-state index contributed by atoms with van der Waals surface area (Å²) in [6.45, 7) is 6.15. The van der Waals surface area contributed by atoms with Crippen molar-refractivity contribution in [3.05, 3.63) is 0 Å². The predicted molar refractivity (Wildman–Crippen MR) is 60.3 cm³/mol. The SMILES string of the molecule is CCC(=O)N[C@@H](C)CC[C@H](C)N(C)C. The molecule has 0 aliphatic rings. The molecule has 0 saturated heterocycles. The Labute approximate surface area is 87.9 Å². The van der Waals surface area contributed by atoms with E-state index in [0.29, 0.717) is 18.5 Å². The highest BCUT2D eigenvalue weighted by Crippen LogP contribution is 2.05. The van der Waals surface area contributed by atoms with E-state index in [2.05, 4.69) is 38.2 Å². The summed E-state index contributed by atoms with van der Waals surface area (Å²) in [6, 6.07) is 0.876. The van der Waals surface area contributed by atoms with Crippen LogP contribution in [-0.2, 0) is 4.79 Å². The topological polar surface area (TPSA) is 32.3 Å². The normalized spacial score (nSPS) is 15.3. The van der Waals surface area contributed by atoms with Gasteiger partial charge in [0.05, 0.1) is 0 Å². The summed E-state index contributed by atoms with van der Waals surface area (Å²) in [4.78, 5) is 13.3. The Balaban J connectivity index is 3.63. The van der Waals surface area contributed by atoms with Gasteiger partial charge in [0.25, 0.3) is 0 Å². The molecule has 1 amide bonds. The summed E-state index contributed by atoms with van der Waals surface area (Å²) in [5.41, 5.74) is 0. The lowest BCUT2D eigenvalue weighted by atomic mass is 10.1. The minimum Gasteiger partial charge on any atom is -0.354 e. The Bertz CT molecular complexity index is 169. The number of carbonyl (C=O) groups excluding carboxylic acids is 1. The van der Waals surface area contributed by atoms with Crippen molar-refractivity contribution in [2.24, 2.45) is 0 Å². The van der Waals surface area contributed by atoms with Crippen molar-refractivity contribution in [1.29, 1.82) is 0 Å². The van der Waals surface area contributed by atoms with Gasteiger partial charge in [-0.25, -0.2) is 0 Å². The maximum atomic E-state index is 11.1. The van der Waals surface area contributed by atoms with Crippen molar-refractivity contribution in [1.82, 2.24) is 10.2 Å². The zero-order valence-corrected chi connectivity index (χ0v) is 10.1. The van der Waals surface area contributed by atoms with Gasteiger partial charge in [-0.05, 0) is 40.8 Å². The van der Waals surface area contributed by atoms with E-state index in [1.807, 2.05) is 6.92 Å². The van der Waals surface area contributed by atoms with Crippen molar-refractivity contribution in [2.45, 2.75) is 52.1 Å². The third kappa shape index (κ3) is 5.97. The van der Waals surface area contributed by atoms with Gasteiger partial charge >= 0.3 is 0 Å². The van der Waals surface area contributed by atoms with Crippen molar-refractivity contribution in [3.8, 4) is 0 Å². The van der Waals surface area contributed by atoms with Gasteiger partial charge in [0.15, 0.2) is 0 Å². The van der Waals surface area contributed by atoms with E-state index in [1.54, 1.807) is 0 Å². The molecule has 84 valence electrons. The van der Waals surface area contributed by atoms with E-state index in [-0.39, 0.29) is 5.91 Å². The van der Waals surface area contributed by atoms with Gasteiger partial charge in [-0.2, -0.15) is 0 Å². The lowest BCUT2D eigenvalue weighted by Gasteiger charge is -2.21. The highest BCUT2D eigenvalue weighted by Gasteiger charge is 2.09. The van der Waals surface area contributed by atoms with Crippen molar-refractivity contribution < 1.29 is 4.79 Å². The zero-order valence-electron chi connectivity index (χ0n) is 10.1. The van der Waals surface area contributed by atoms with Gasteiger partial charge < -0.3 is 10.2 Å². The summed E-state index contributed by atoms with van der Waals surface area (Å²) in [6.07, 6.45) is 2.75. The lowest BCUT2D eigenvalue weighted by Crippen LogP contribution is -2.34. The average molecular weight is 200 g/mol. The molecule has 0 saturated carbocycles. The molecule has 0 unspecified atom stereocenters. The molecule has 0 aliphatic carbocycles. The molecule has 0 rings (SSSR count). The van der Waals surface area contributed by atoms with E-state index >= 15 is 0 Å². The third-order valence-electron chi connectivity index (χ3n) is 2.63. The first-order valence-electron chi connectivity index (χ1n) is 5.43. The van der Waals surface area contributed by atoms with E-state index < -0.39 is 0 Å². The number of carbonyl (C=O) groups is 1. The van der Waals surface area contributed by atoms with Crippen LogP contribution in [0.5, 0.6) is 0 Å². The van der Waals surface area contributed by atoms with Crippen LogP contribution in [0.3, 0.4) is 0 Å². The van der Waals surface area contributed by atoms with Crippen molar-refractivity contribution in [3.63, 3.8) is 0 Å². The zero-order chi connectivity index (χ0) is 11.1. The molecule has 0 aliphatic heterocycles. The van der Waals surface area contributed by atoms with E-state index in [0.717, 1.165) is 12.8 Å². The maximum Gasteiger partial charge on any atom is 0.219 e. The maximum absolute atomic E-state index is 11.1. The van der Waals surface area contributed by atoms with Gasteiger partial charge in [-0.1, -0.05) is 6.92 Å². The summed E-state index contributed by atoms with van der Waals surface area (Å²) >= 11 is 0. The molecule has 0 fully saturated rings.